The molecule has 108 valence electrons. The third-order valence-corrected chi connectivity index (χ3v) is 7.01. The Morgan fingerprint density at radius 3 is 2.58 bits per heavy atom. The third kappa shape index (κ3) is 4.04. The van der Waals surface area contributed by atoms with Gasteiger partial charge in [-0.3, -0.25) is 0 Å². The second-order valence-corrected chi connectivity index (χ2v) is 8.89. The Morgan fingerprint density at radius 2 is 2.05 bits per heavy atom. The van der Waals surface area contributed by atoms with E-state index in [1.54, 1.807) is 0 Å². The van der Waals surface area contributed by atoms with Crippen molar-refractivity contribution in [3.63, 3.8) is 0 Å². The van der Waals surface area contributed by atoms with Crippen LogP contribution in [0.2, 0.25) is 8.67 Å². The van der Waals surface area contributed by atoms with Gasteiger partial charge in [-0.25, -0.2) is 0 Å². The molecule has 2 rings (SSSR count). The van der Waals surface area contributed by atoms with Crippen molar-refractivity contribution in [2.24, 2.45) is 0 Å². The number of halogens is 2. The molecule has 1 heterocycles. The SMILES string of the molecule is CSC1(CNC(C)c2cc(Cl)sc2Cl)CCCCC1. The Kier molecular flexibility index (Phi) is 5.91. The van der Waals surface area contributed by atoms with Gasteiger partial charge < -0.3 is 5.32 Å². The van der Waals surface area contributed by atoms with Crippen LogP contribution in [0.3, 0.4) is 0 Å². The van der Waals surface area contributed by atoms with Crippen LogP contribution in [-0.4, -0.2) is 17.5 Å². The molecular weight excluding hydrogens is 317 g/mol. The van der Waals surface area contributed by atoms with Crippen molar-refractivity contribution in [1.29, 1.82) is 0 Å². The Hall–Kier alpha value is 0.590. The average molecular weight is 338 g/mol. The van der Waals surface area contributed by atoms with Crippen molar-refractivity contribution in [1.82, 2.24) is 5.32 Å². The van der Waals surface area contributed by atoms with Crippen molar-refractivity contribution in [3.05, 3.63) is 20.3 Å². The summed E-state index contributed by atoms with van der Waals surface area (Å²) in [7, 11) is 0. The van der Waals surface area contributed by atoms with Gasteiger partial charge in [0.15, 0.2) is 0 Å². The first-order valence-corrected chi connectivity index (χ1v) is 9.59. The van der Waals surface area contributed by atoms with E-state index in [0.29, 0.717) is 4.75 Å². The van der Waals surface area contributed by atoms with Gasteiger partial charge >= 0.3 is 0 Å². The number of thioether (sulfide) groups is 1. The van der Waals surface area contributed by atoms with E-state index in [1.807, 2.05) is 17.8 Å². The van der Waals surface area contributed by atoms with Crippen molar-refractivity contribution >= 4 is 46.3 Å². The van der Waals surface area contributed by atoms with Crippen LogP contribution in [0.4, 0.5) is 0 Å². The highest BCUT2D eigenvalue weighted by Gasteiger charge is 2.31. The number of thiophene rings is 1. The van der Waals surface area contributed by atoms with E-state index in [2.05, 4.69) is 18.5 Å². The molecule has 1 saturated carbocycles. The highest BCUT2D eigenvalue weighted by atomic mass is 35.5. The highest BCUT2D eigenvalue weighted by molar-refractivity contribution is 8.00. The van der Waals surface area contributed by atoms with Gasteiger partial charge in [-0.2, -0.15) is 11.8 Å². The second kappa shape index (κ2) is 7.04. The Morgan fingerprint density at radius 1 is 1.37 bits per heavy atom. The maximum atomic E-state index is 6.22. The number of nitrogens with one attached hydrogen (secondary N) is 1. The molecule has 0 saturated heterocycles. The maximum Gasteiger partial charge on any atom is 0.0991 e. The minimum atomic E-state index is 0.266. The summed E-state index contributed by atoms with van der Waals surface area (Å²) in [6.45, 7) is 3.22. The molecular formula is C14H21Cl2NS2. The van der Waals surface area contributed by atoms with Crippen molar-refractivity contribution in [3.8, 4) is 0 Å². The van der Waals surface area contributed by atoms with Crippen molar-refractivity contribution in [2.75, 3.05) is 12.8 Å². The summed E-state index contributed by atoms with van der Waals surface area (Å²) in [4.78, 5) is 0. The molecule has 1 fully saturated rings. The number of rotatable bonds is 5. The van der Waals surface area contributed by atoms with E-state index in [-0.39, 0.29) is 6.04 Å². The second-order valence-electron chi connectivity index (χ2n) is 5.33. The fourth-order valence-electron chi connectivity index (χ4n) is 2.75. The van der Waals surface area contributed by atoms with Crippen LogP contribution < -0.4 is 5.32 Å². The molecule has 19 heavy (non-hydrogen) atoms. The predicted molar refractivity (Wildman–Crippen MR) is 90.1 cm³/mol. The molecule has 0 aromatic carbocycles. The third-order valence-electron chi connectivity index (χ3n) is 4.08. The van der Waals surface area contributed by atoms with Crippen LogP contribution in [0.5, 0.6) is 0 Å². The van der Waals surface area contributed by atoms with Crippen LogP contribution in [0.15, 0.2) is 6.07 Å². The molecule has 5 heteroatoms. The summed E-state index contributed by atoms with van der Waals surface area (Å²) in [6, 6.07) is 2.25. The molecule has 1 nitrogen and oxygen atoms in total. The summed E-state index contributed by atoms with van der Waals surface area (Å²) >= 11 is 15.7. The molecule has 1 aromatic heterocycles. The van der Waals surface area contributed by atoms with E-state index >= 15 is 0 Å². The first-order chi connectivity index (χ1) is 9.06. The predicted octanol–water partition coefficient (Wildman–Crippen LogP) is 5.77. The topological polar surface area (TPSA) is 12.0 Å². The number of hydrogen-bond donors (Lipinski definition) is 1. The van der Waals surface area contributed by atoms with E-state index in [4.69, 9.17) is 23.2 Å². The summed E-state index contributed by atoms with van der Waals surface area (Å²) < 4.78 is 2.00. The molecule has 0 amide bonds. The lowest BCUT2D eigenvalue weighted by Gasteiger charge is -2.37. The largest absolute Gasteiger partial charge is 0.309 e. The lowest BCUT2D eigenvalue weighted by molar-refractivity contribution is 0.367. The van der Waals surface area contributed by atoms with Gasteiger partial charge in [0.2, 0.25) is 0 Å². The molecule has 0 aliphatic heterocycles. The van der Waals surface area contributed by atoms with Gasteiger partial charge in [-0.1, -0.05) is 42.5 Å². The van der Waals surface area contributed by atoms with Crippen LogP contribution >= 0.6 is 46.3 Å². The zero-order valence-electron chi connectivity index (χ0n) is 11.5. The first kappa shape index (κ1) is 16.0. The van der Waals surface area contributed by atoms with Crippen LogP contribution in [0, 0.1) is 0 Å². The molecule has 1 atom stereocenters. The molecule has 1 N–H and O–H groups in total. The zero-order chi connectivity index (χ0) is 13.9. The Balaban J connectivity index is 1.95. The van der Waals surface area contributed by atoms with Gasteiger partial charge in [-0.15, -0.1) is 11.3 Å². The van der Waals surface area contributed by atoms with Crippen LogP contribution in [-0.2, 0) is 0 Å². The Bertz CT molecular complexity index is 414. The monoisotopic (exact) mass is 337 g/mol. The van der Waals surface area contributed by atoms with Crippen LogP contribution in [0.1, 0.15) is 50.6 Å². The Labute approximate surface area is 134 Å². The highest BCUT2D eigenvalue weighted by Crippen LogP contribution is 2.39. The standard InChI is InChI=1S/C14H21Cl2NS2/c1-10(11-8-12(15)19-13(11)16)17-9-14(18-2)6-4-3-5-7-14/h8,10,17H,3-7,9H2,1-2H3. The van der Waals surface area contributed by atoms with Gasteiger partial charge in [0.05, 0.1) is 8.67 Å². The maximum absolute atomic E-state index is 6.22. The zero-order valence-corrected chi connectivity index (χ0v) is 14.6. The summed E-state index contributed by atoms with van der Waals surface area (Å²) in [5, 5.41) is 3.66. The molecule has 0 radical (unpaired) electrons. The molecule has 1 aliphatic carbocycles. The fourth-order valence-corrected chi connectivity index (χ4v) is 5.32. The van der Waals surface area contributed by atoms with Crippen LogP contribution in [0.25, 0.3) is 0 Å². The summed E-state index contributed by atoms with van der Waals surface area (Å²) in [5.41, 5.74) is 1.13. The quantitative estimate of drug-likeness (QED) is 0.731. The molecule has 0 spiro atoms. The van der Waals surface area contributed by atoms with Gasteiger partial charge in [0.25, 0.3) is 0 Å². The minimum absolute atomic E-state index is 0.266. The van der Waals surface area contributed by atoms with Crippen molar-refractivity contribution in [2.45, 2.75) is 49.8 Å². The lowest BCUT2D eigenvalue weighted by atomic mass is 9.88. The molecule has 1 aliphatic rings. The smallest absolute Gasteiger partial charge is 0.0991 e. The molecule has 1 aromatic rings. The van der Waals surface area contributed by atoms with E-state index in [1.165, 1.54) is 43.4 Å². The average Bonchev–Trinajstić information content (AvgIpc) is 2.76. The fraction of sp³-hybridized carbons (Fsp3) is 0.714. The first-order valence-electron chi connectivity index (χ1n) is 6.79. The van der Waals surface area contributed by atoms with E-state index < -0.39 is 0 Å². The normalized spacial score (nSPS) is 20.4. The van der Waals surface area contributed by atoms with Gasteiger partial charge in [0, 0.05) is 17.3 Å². The van der Waals surface area contributed by atoms with Gasteiger partial charge in [-0.05, 0) is 37.7 Å². The summed E-state index contributed by atoms with van der Waals surface area (Å²) in [6.07, 6.45) is 9.01. The molecule has 0 bridgehead atoms. The van der Waals surface area contributed by atoms with E-state index in [9.17, 15) is 0 Å². The van der Waals surface area contributed by atoms with E-state index in [0.717, 1.165) is 20.8 Å². The minimum Gasteiger partial charge on any atom is -0.309 e. The summed E-state index contributed by atoms with van der Waals surface area (Å²) in [5.74, 6) is 0. The lowest BCUT2D eigenvalue weighted by Crippen LogP contribution is -2.40. The van der Waals surface area contributed by atoms with Crippen molar-refractivity contribution < 1.29 is 0 Å². The molecule has 1 unspecified atom stereocenters. The van der Waals surface area contributed by atoms with Gasteiger partial charge in [0.1, 0.15) is 0 Å². The number of hydrogen-bond acceptors (Lipinski definition) is 3.